The number of terminal acetylenes is 1. The van der Waals surface area contributed by atoms with Crippen LogP contribution >= 0.6 is 0 Å². The largest absolute Gasteiger partial charge is 0.362 e. The molecule has 3 aromatic heterocycles. The lowest BCUT2D eigenvalue weighted by molar-refractivity contribution is 0.564. The van der Waals surface area contributed by atoms with Crippen LogP contribution in [0.25, 0.3) is 38.8 Å². The Hall–Kier alpha value is -4.75. The van der Waals surface area contributed by atoms with Crippen LogP contribution in [0.5, 0.6) is 0 Å². The first-order valence-electron chi connectivity index (χ1n) is 11.4. The van der Waals surface area contributed by atoms with Crippen LogP contribution in [-0.2, 0) is 5.41 Å². The Morgan fingerprint density at radius 2 is 1.86 bits per heavy atom. The molecule has 176 valence electrons. The number of nitriles is 1. The molecule has 0 atom stereocenters. The maximum atomic E-state index is 15.2. The number of hydrogen-bond donors (Lipinski definition) is 0. The second-order valence-electron chi connectivity index (χ2n) is 9.31. The van der Waals surface area contributed by atoms with Gasteiger partial charge in [0.15, 0.2) is 5.82 Å². The molecule has 0 aliphatic heterocycles. The first-order chi connectivity index (χ1) is 17.2. The summed E-state index contributed by atoms with van der Waals surface area (Å²) in [5.41, 5.74) is 3.91. The minimum absolute atomic E-state index is 0.321. The number of nitrogens with zero attached hydrogens (tertiary/aromatic N) is 6. The molecule has 0 amide bonds. The number of imidazole rings is 1. The van der Waals surface area contributed by atoms with Crippen LogP contribution in [0.15, 0.2) is 60.9 Å². The molecule has 7 heteroatoms. The fourth-order valence-electron chi connectivity index (χ4n) is 4.46. The Balaban J connectivity index is 1.80. The fraction of sp³-hybridized carbons (Fsp3) is 0.172. The third-order valence-electron chi connectivity index (χ3n) is 6.30. The normalized spacial score (nSPS) is 11.4. The van der Waals surface area contributed by atoms with E-state index in [4.69, 9.17) is 6.42 Å². The van der Waals surface area contributed by atoms with Gasteiger partial charge in [-0.3, -0.25) is 9.55 Å². The molecule has 5 rings (SSSR count). The molecular formula is C29H23FN6. The van der Waals surface area contributed by atoms with Crippen LogP contribution in [-0.4, -0.2) is 33.6 Å². The fourth-order valence-corrected chi connectivity index (χ4v) is 4.46. The Labute approximate surface area is 208 Å². The summed E-state index contributed by atoms with van der Waals surface area (Å²) in [7, 11) is 3.90. The highest BCUT2D eigenvalue weighted by atomic mass is 19.1. The third-order valence-corrected chi connectivity index (χ3v) is 6.30. The summed E-state index contributed by atoms with van der Waals surface area (Å²) in [5, 5.41) is 10.3. The van der Waals surface area contributed by atoms with E-state index in [-0.39, 0.29) is 0 Å². The zero-order chi connectivity index (χ0) is 25.6. The molecule has 0 aliphatic rings. The number of anilines is 1. The topological polar surface area (TPSA) is 70.6 Å². The van der Waals surface area contributed by atoms with Gasteiger partial charge in [-0.05, 0) is 61.7 Å². The summed E-state index contributed by atoms with van der Waals surface area (Å²) in [6, 6.07) is 16.9. The zero-order valence-corrected chi connectivity index (χ0v) is 20.4. The maximum absolute atomic E-state index is 15.2. The molecule has 3 heterocycles. The van der Waals surface area contributed by atoms with Crippen molar-refractivity contribution in [3.8, 4) is 35.2 Å². The van der Waals surface area contributed by atoms with E-state index in [9.17, 15) is 5.26 Å². The summed E-state index contributed by atoms with van der Waals surface area (Å²) < 4.78 is 17.0. The summed E-state index contributed by atoms with van der Waals surface area (Å²) in [5.74, 6) is 3.33. The molecule has 5 aromatic rings. The van der Waals surface area contributed by atoms with Gasteiger partial charge >= 0.3 is 0 Å². The SMILES string of the molecule is C#Cc1nc2cnc3ccc(-c4cccnc4N(C)C)cc3c2n1-c1ccc(C(C)(C)C#N)c(F)c1. The predicted molar refractivity (Wildman–Crippen MR) is 140 cm³/mol. The van der Waals surface area contributed by atoms with Gasteiger partial charge in [0.2, 0.25) is 0 Å². The third kappa shape index (κ3) is 3.62. The molecule has 0 unspecified atom stereocenters. The van der Waals surface area contributed by atoms with Gasteiger partial charge < -0.3 is 4.90 Å². The number of benzene rings is 2. The summed E-state index contributed by atoms with van der Waals surface area (Å²) in [6.45, 7) is 3.37. The average molecular weight is 475 g/mol. The van der Waals surface area contributed by atoms with E-state index < -0.39 is 11.2 Å². The van der Waals surface area contributed by atoms with Crippen LogP contribution in [0.1, 0.15) is 25.2 Å². The molecule has 0 bridgehead atoms. The van der Waals surface area contributed by atoms with Crippen molar-refractivity contribution in [1.82, 2.24) is 19.5 Å². The number of rotatable bonds is 4. The summed E-state index contributed by atoms with van der Waals surface area (Å²) >= 11 is 0. The van der Waals surface area contributed by atoms with Crippen LogP contribution in [0.4, 0.5) is 10.2 Å². The van der Waals surface area contributed by atoms with E-state index in [0.717, 1.165) is 33.4 Å². The lowest BCUT2D eigenvalue weighted by Crippen LogP contribution is -2.16. The Morgan fingerprint density at radius 3 is 2.56 bits per heavy atom. The molecule has 0 saturated heterocycles. The highest BCUT2D eigenvalue weighted by Crippen LogP contribution is 2.34. The molecule has 6 nitrogen and oxygen atoms in total. The number of fused-ring (bicyclic) bond motifs is 3. The van der Waals surface area contributed by atoms with Crippen LogP contribution < -0.4 is 4.90 Å². The number of aromatic nitrogens is 4. The summed E-state index contributed by atoms with van der Waals surface area (Å²) in [6.07, 6.45) is 9.26. The lowest BCUT2D eigenvalue weighted by Gasteiger charge is -2.18. The number of halogens is 1. The smallest absolute Gasteiger partial charge is 0.190 e. The molecule has 2 aromatic carbocycles. The molecule has 0 saturated carbocycles. The monoisotopic (exact) mass is 474 g/mol. The molecular weight excluding hydrogens is 451 g/mol. The van der Waals surface area contributed by atoms with Crippen LogP contribution in [0.3, 0.4) is 0 Å². The molecule has 0 fully saturated rings. The van der Waals surface area contributed by atoms with Crippen molar-refractivity contribution in [3.05, 3.63) is 78.1 Å². The second kappa shape index (κ2) is 8.48. The van der Waals surface area contributed by atoms with Gasteiger partial charge in [-0.25, -0.2) is 14.4 Å². The van der Waals surface area contributed by atoms with Gasteiger partial charge in [0, 0.05) is 36.8 Å². The highest BCUT2D eigenvalue weighted by Gasteiger charge is 2.25. The Kier molecular flexibility index (Phi) is 5.42. The van der Waals surface area contributed by atoms with Crippen molar-refractivity contribution in [3.63, 3.8) is 0 Å². The van der Waals surface area contributed by atoms with Crippen LogP contribution in [0.2, 0.25) is 0 Å². The van der Waals surface area contributed by atoms with Crippen molar-refractivity contribution in [2.24, 2.45) is 0 Å². The van der Waals surface area contributed by atoms with Crippen molar-refractivity contribution < 1.29 is 4.39 Å². The van der Waals surface area contributed by atoms with Gasteiger partial charge in [-0.15, -0.1) is 6.42 Å². The number of pyridine rings is 2. The minimum atomic E-state index is -0.964. The maximum Gasteiger partial charge on any atom is 0.190 e. The highest BCUT2D eigenvalue weighted by molar-refractivity contribution is 6.05. The molecule has 0 aliphatic carbocycles. The van der Waals surface area contributed by atoms with Crippen molar-refractivity contribution in [2.45, 2.75) is 19.3 Å². The van der Waals surface area contributed by atoms with Gasteiger partial charge in [-0.1, -0.05) is 12.1 Å². The van der Waals surface area contributed by atoms with Gasteiger partial charge in [-0.2, -0.15) is 5.26 Å². The first-order valence-corrected chi connectivity index (χ1v) is 11.4. The van der Waals surface area contributed by atoms with E-state index in [1.54, 1.807) is 42.9 Å². The van der Waals surface area contributed by atoms with E-state index in [0.29, 0.717) is 22.6 Å². The number of hydrogen-bond acceptors (Lipinski definition) is 5. The van der Waals surface area contributed by atoms with E-state index in [2.05, 4.69) is 26.9 Å². The van der Waals surface area contributed by atoms with Crippen molar-refractivity contribution in [1.29, 1.82) is 5.26 Å². The van der Waals surface area contributed by atoms with Gasteiger partial charge in [0.05, 0.1) is 34.4 Å². The van der Waals surface area contributed by atoms with Gasteiger partial charge in [0.1, 0.15) is 17.2 Å². The van der Waals surface area contributed by atoms with Gasteiger partial charge in [0.25, 0.3) is 0 Å². The Morgan fingerprint density at radius 1 is 1.06 bits per heavy atom. The molecule has 0 radical (unpaired) electrons. The van der Waals surface area contributed by atoms with E-state index >= 15 is 4.39 Å². The standard InChI is InChI=1S/C29H23FN6/c1-6-26-34-25-16-33-24-12-9-18(20-8-7-13-32-28(20)35(4)5)14-21(24)27(25)36(26)19-10-11-22(23(30)15-19)29(2,3)17-31/h1,7-16H,2-5H3. The quantitative estimate of drug-likeness (QED) is 0.316. The van der Waals surface area contributed by atoms with Crippen molar-refractivity contribution in [2.75, 3.05) is 19.0 Å². The molecule has 0 N–H and O–H groups in total. The average Bonchev–Trinajstić information content (AvgIpc) is 3.27. The van der Waals surface area contributed by atoms with E-state index in [1.807, 2.05) is 49.3 Å². The van der Waals surface area contributed by atoms with Crippen LogP contribution in [0, 0.1) is 29.5 Å². The first kappa shape index (κ1) is 23.0. The predicted octanol–water partition coefficient (Wildman–Crippen LogP) is 5.62. The Bertz CT molecular complexity index is 1730. The van der Waals surface area contributed by atoms with Crippen molar-refractivity contribution >= 4 is 27.8 Å². The second-order valence-corrected chi connectivity index (χ2v) is 9.31. The zero-order valence-electron chi connectivity index (χ0n) is 20.4. The molecule has 36 heavy (non-hydrogen) atoms. The minimum Gasteiger partial charge on any atom is -0.362 e. The lowest BCUT2D eigenvalue weighted by atomic mass is 9.86. The summed E-state index contributed by atoms with van der Waals surface area (Å²) in [4.78, 5) is 15.7. The van der Waals surface area contributed by atoms with E-state index in [1.165, 1.54) is 6.07 Å². The molecule has 0 spiro atoms.